The van der Waals surface area contributed by atoms with E-state index in [0.29, 0.717) is 0 Å². The summed E-state index contributed by atoms with van der Waals surface area (Å²) in [5.74, 6) is -4.37. The Morgan fingerprint density at radius 2 is 1.00 bits per heavy atom. The average Bonchev–Trinajstić information content (AvgIpc) is 1.36. The minimum Gasteiger partial charge on any atom is -0.543 e. The molecule has 0 aromatic heterocycles. The second-order valence-corrected chi connectivity index (χ2v) is 0.575. The number of carboxylic acids is 2. The maximum Gasteiger partial charge on any atom is 1.00 e. The molecule has 0 radical (unpaired) electrons. The van der Waals surface area contributed by atoms with Crippen molar-refractivity contribution in [3.63, 3.8) is 0 Å². The van der Waals surface area contributed by atoms with Gasteiger partial charge in [0.1, 0.15) is 0 Å². The zero-order valence-corrected chi connectivity index (χ0v) is 12.8. The van der Waals surface area contributed by atoms with Crippen LogP contribution in [0.4, 0.5) is 0 Å². The third-order valence-electron chi connectivity index (χ3n) is 0.167. The van der Waals surface area contributed by atoms with Gasteiger partial charge in [0.15, 0.2) is 0 Å². The van der Waals surface area contributed by atoms with Crippen LogP contribution in [0.15, 0.2) is 0 Å². The topological polar surface area (TPSA) is 80.3 Å². The van der Waals surface area contributed by atoms with E-state index in [1.807, 2.05) is 0 Å². The number of carbonyl (C=O) groups excluding carboxylic acids is 2. The standard InChI is InChI=1S/C2H2O4.2Tl/c3-1(4)2(5)6;;/h(H,3,4)(H,5,6);;/q;2*+1/p-2. The molecule has 0 aliphatic carbocycles. The SMILES string of the molecule is O=C([O-])C(=O)[O-].[Tl+].[Tl+]. The van der Waals surface area contributed by atoms with Crippen LogP contribution in [0.3, 0.4) is 0 Å². The molecule has 0 unspecified atom stereocenters. The smallest absolute Gasteiger partial charge is 0.543 e. The van der Waals surface area contributed by atoms with Crippen molar-refractivity contribution in [2.45, 2.75) is 0 Å². The molecule has 0 aromatic carbocycles. The van der Waals surface area contributed by atoms with E-state index in [-0.39, 0.29) is 54.6 Å². The Kier molecular flexibility index (Phi) is 15.5. The molecule has 0 bridgehead atoms. The predicted molar refractivity (Wildman–Crippen MR) is 21.5 cm³/mol. The summed E-state index contributed by atoms with van der Waals surface area (Å²) in [4.78, 5) is 17.9. The van der Waals surface area contributed by atoms with Crippen molar-refractivity contribution in [2.24, 2.45) is 0 Å². The molecule has 38 valence electrons. The van der Waals surface area contributed by atoms with Crippen molar-refractivity contribution in [1.29, 1.82) is 0 Å². The Labute approximate surface area is 85.6 Å². The molecule has 0 aliphatic heterocycles. The minimum absolute atomic E-state index is 0. The molecule has 0 spiro atoms. The van der Waals surface area contributed by atoms with Crippen molar-refractivity contribution in [2.75, 3.05) is 0 Å². The van der Waals surface area contributed by atoms with Crippen LogP contribution in [0.1, 0.15) is 0 Å². The van der Waals surface area contributed by atoms with Crippen molar-refractivity contribution in [1.82, 2.24) is 0 Å². The van der Waals surface area contributed by atoms with Crippen molar-refractivity contribution < 1.29 is 19.8 Å². The van der Waals surface area contributed by atoms with Crippen LogP contribution < -0.4 is 10.2 Å². The van der Waals surface area contributed by atoms with Crippen LogP contribution in [0.2, 0.25) is 0 Å². The van der Waals surface area contributed by atoms with E-state index in [1.165, 1.54) is 0 Å². The van der Waals surface area contributed by atoms with Gasteiger partial charge >= 0.3 is 54.6 Å². The molecule has 0 saturated carbocycles. The Morgan fingerprint density at radius 1 is 0.875 bits per heavy atom. The summed E-state index contributed by atoms with van der Waals surface area (Å²) in [5.41, 5.74) is 0. The fourth-order valence-electron chi connectivity index (χ4n) is 0. The molecule has 0 aromatic rings. The second kappa shape index (κ2) is 7.78. The summed E-state index contributed by atoms with van der Waals surface area (Å²) >= 11 is 0. The number of rotatable bonds is 0. The molecular weight excluding hydrogens is 497 g/mol. The monoisotopic (exact) mass is 498 g/mol. The summed E-state index contributed by atoms with van der Waals surface area (Å²) in [6, 6.07) is 0. The van der Waals surface area contributed by atoms with Gasteiger partial charge in [0.05, 0.1) is 11.9 Å². The van der Waals surface area contributed by atoms with Gasteiger partial charge < -0.3 is 19.8 Å². The zero-order chi connectivity index (χ0) is 5.15. The minimum atomic E-state index is -2.19. The van der Waals surface area contributed by atoms with Crippen molar-refractivity contribution in [3.05, 3.63) is 0 Å². The number of carbonyl (C=O) groups is 2. The van der Waals surface area contributed by atoms with Gasteiger partial charge in [-0.05, 0) is 0 Å². The first kappa shape index (κ1) is 15.9. The first-order valence-corrected chi connectivity index (χ1v) is 1.07. The molecular formula is C2O4Tl2. The van der Waals surface area contributed by atoms with Gasteiger partial charge in [0.25, 0.3) is 0 Å². The molecule has 0 N–H and O–H groups in total. The molecule has 0 rings (SSSR count). The van der Waals surface area contributed by atoms with Gasteiger partial charge in [-0.3, -0.25) is 0 Å². The molecule has 0 saturated heterocycles. The van der Waals surface area contributed by atoms with Crippen molar-refractivity contribution >= 4 is 66.5 Å². The number of hydrogen-bond donors (Lipinski definition) is 0. The van der Waals surface area contributed by atoms with Crippen LogP contribution in [0.25, 0.3) is 0 Å². The van der Waals surface area contributed by atoms with Crippen LogP contribution in [-0.2, 0) is 9.59 Å². The van der Waals surface area contributed by atoms with E-state index < -0.39 is 11.9 Å². The third-order valence-corrected chi connectivity index (χ3v) is 0.167. The number of aliphatic carboxylic acids is 2. The Balaban J connectivity index is -0.000000125. The second-order valence-electron chi connectivity index (χ2n) is 0.575. The van der Waals surface area contributed by atoms with E-state index in [0.717, 1.165) is 0 Å². The molecule has 0 fully saturated rings. The van der Waals surface area contributed by atoms with Gasteiger partial charge in [0.2, 0.25) is 0 Å². The van der Waals surface area contributed by atoms with Crippen molar-refractivity contribution in [3.8, 4) is 0 Å². The average molecular weight is 497 g/mol. The summed E-state index contributed by atoms with van der Waals surface area (Å²) in [6.07, 6.45) is 0. The van der Waals surface area contributed by atoms with Crippen LogP contribution in [-0.4, -0.2) is 66.5 Å². The Morgan fingerprint density at radius 3 is 1.00 bits per heavy atom. The fourth-order valence-corrected chi connectivity index (χ4v) is 0. The largest absolute Gasteiger partial charge is 1.00 e. The maximum atomic E-state index is 8.93. The van der Waals surface area contributed by atoms with Crippen LogP contribution >= 0.6 is 0 Å². The van der Waals surface area contributed by atoms with E-state index in [4.69, 9.17) is 19.8 Å². The van der Waals surface area contributed by atoms with Gasteiger partial charge in [-0.25, -0.2) is 0 Å². The van der Waals surface area contributed by atoms with Gasteiger partial charge in [-0.2, -0.15) is 0 Å². The summed E-state index contributed by atoms with van der Waals surface area (Å²) in [5, 5.41) is 17.9. The van der Waals surface area contributed by atoms with Gasteiger partial charge in [-0.15, -0.1) is 0 Å². The molecule has 0 amide bonds. The molecule has 4 nitrogen and oxygen atoms in total. The maximum absolute atomic E-state index is 8.93. The molecule has 0 aliphatic rings. The quantitative estimate of drug-likeness (QED) is 0.251. The summed E-state index contributed by atoms with van der Waals surface area (Å²) in [6.45, 7) is 0. The van der Waals surface area contributed by atoms with E-state index in [2.05, 4.69) is 0 Å². The molecule has 8 heavy (non-hydrogen) atoms. The Bertz CT molecular complexity index is 78.0. The zero-order valence-electron chi connectivity index (χ0n) is 3.79. The Hall–Kier alpha value is 0.784. The summed E-state index contributed by atoms with van der Waals surface area (Å²) < 4.78 is 0. The molecule has 6 heteroatoms. The van der Waals surface area contributed by atoms with Crippen LogP contribution in [0.5, 0.6) is 0 Å². The first-order valence-electron chi connectivity index (χ1n) is 1.07. The predicted octanol–water partition coefficient (Wildman–Crippen LogP) is -4.28. The number of hydrogen-bond acceptors (Lipinski definition) is 4. The van der Waals surface area contributed by atoms with E-state index >= 15 is 0 Å². The fraction of sp³-hybridized carbons (Fsp3) is 0. The van der Waals surface area contributed by atoms with Crippen LogP contribution in [0, 0.1) is 0 Å². The van der Waals surface area contributed by atoms with Gasteiger partial charge in [-0.1, -0.05) is 0 Å². The summed E-state index contributed by atoms with van der Waals surface area (Å²) in [7, 11) is 0. The van der Waals surface area contributed by atoms with E-state index in [1.54, 1.807) is 0 Å². The normalized spacial score (nSPS) is 5.50. The first-order chi connectivity index (χ1) is 2.64. The van der Waals surface area contributed by atoms with E-state index in [9.17, 15) is 0 Å². The third kappa shape index (κ3) is 9.92. The molecule has 0 atom stereocenters. The molecule has 0 heterocycles. The number of carboxylic acid groups (broad SMARTS) is 2. The van der Waals surface area contributed by atoms with Gasteiger partial charge in [0, 0.05) is 0 Å².